The number of phenolic OH excluding ortho intramolecular Hbond substituents is 1. The lowest BCUT2D eigenvalue weighted by Crippen LogP contribution is -2.12. The summed E-state index contributed by atoms with van der Waals surface area (Å²) in [7, 11) is 0. The minimum absolute atomic E-state index is 0.0354. The second kappa shape index (κ2) is 4.38. The van der Waals surface area contributed by atoms with Gasteiger partial charge in [0, 0.05) is 5.56 Å². The van der Waals surface area contributed by atoms with Gasteiger partial charge in [0.25, 0.3) is 0 Å². The van der Waals surface area contributed by atoms with E-state index >= 15 is 0 Å². The Morgan fingerprint density at radius 1 is 1.33 bits per heavy atom. The molecule has 1 aromatic heterocycles. The molecule has 18 heavy (non-hydrogen) atoms. The molecule has 3 rings (SSSR count). The number of rotatable bonds is 1. The van der Waals surface area contributed by atoms with Crippen molar-refractivity contribution in [3.8, 4) is 5.75 Å². The van der Waals surface area contributed by atoms with Gasteiger partial charge in [-0.3, -0.25) is 9.89 Å². The fourth-order valence-corrected chi connectivity index (χ4v) is 3.04. The van der Waals surface area contributed by atoms with E-state index in [0.29, 0.717) is 11.6 Å². The molecule has 0 bridgehead atoms. The molecule has 1 aliphatic rings. The van der Waals surface area contributed by atoms with Gasteiger partial charge in [-0.1, -0.05) is 12.1 Å². The van der Waals surface area contributed by atoms with Crippen LogP contribution in [0.4, 0.5) is 5.82 Å². The Balaban J connectivity index is 2.02. The summed E-state index contributed by atoms with van der Waals surface area (Å²) in [5.74, 6) is 1.25. The Labute approximate surface area is 108 Å². The summed E-state index contributed by atoms with van der Waals surface area (Å²) in [5.41, 5.74) is 1.99. The first-order valence-corrected chi connectivity index (χ1v) is 6.52. The van der Waals surface area contributed by atoms with Crippen molar-refractivity contribution in [2.24, 2.45) is 0 Å². The highest BCUT2D eigenvalue weighted by Crippen LogP contribution is 2.40. The van der Waals surface area contributed by atoms with Gasteiger partial charge in [-0.25, -0.2) is 0 Å². The van der Waals surface area contributed by atoms with Gasteiger partial charge in [-0.05, 0) is 17.7 Å². The van der Waals surface area contributed by atoms with Gasteiger partial charge in [0.1, 0.15) is 11.6 Å². The quantitative estimate of drug-likeness (QED) is 0.732. The Hall–Kier alpha value is -1.95. The molecular formula is C12H11N3O2S. The Morgan fingerprint density at radius 3 is 2.89 bits per heavy atom. The minimum atomic E-state index is -0.0354. The van der Waals surface area contributed by atoms with Gasteiger partial charge >= 0.3 is 0 Å². The zero-order chi connectivity index (χ0) is 12.5. The summed E-state index contributed by atoms with van der Waals surface area (Å²) < 4.78 is 0. The standard InChI is InChI=1S/C12H11N3O2S/c16-8-3-1-7(2-4-8)11-9-5-13-15-12(9)14-10(17)6-18-11/h1-5,11,16H,6H2,(H2,13,14,15,17)/t11-/m0/s1. The highest BCUT2D eigenvalue weighted by Gasteiger charge is 2.25. The first-order valence-electron chi connectivity index (χ1n) is 5.47. The number of thioether (sulfide) groups is 1. The molecule has 1 aromatic carbocycles. The average Bonchev–Trinajstić information content (AvgIpc) is 2.74. The van der Waals surface area contributed by atoms with Crippen LogP contribution < -0.4 is 5.32 Å². The van der Waals surface area contributed by atoms with Gasteiger partial charge in [0.2, 0.25) is 5.91 Å². The molecule has 0 aliphatic carbocycles. The third-order valence-electron chi connectivity index (χ3n) is 2.79. The van der Waals surface area contributed by atoms with Gasteiger partial charge in [0.05, 0.1) is 17.2 Å². The van der Waals surface area contributed by atoms with E-state index in [9.17, 15) is 9.90 Å². The van der Waals surface area contributed by atoms with Gasteiger partial charge in [-0.15, -0.1) is 11.8 Å². The summed E-state index contributed by atoms with van der Waals surface area (Å²) in [6.45, 7) is 0. The zero-order valence-electron chi connectivity index (χ0n) is 9.38. The van der Waals surface area contributed by atoms with Crippen LogP contribution in [0.2, 0.25) is 0 Å². The lowest BCUT2D eigenvalue weighted by Gasteiger charge is -2.13. The number of phenols is 1. The average molecular weight is 261 g/mol. The van der Waals surface area contributed by atoms with E-state index in [0.717, 1.165) is 11.1 Å². The van der Waals surface area contributed by atoms with E-state index in [1.807, 2.05) is 12.1 Å². The number of hydrogen-bond acceptors (Lipinski definition) is 4. The molecule has 1 atom stereocenters. The fraction of sp³-hybridized carbons (Fsp3) is 0.167. The number of aromatic hydroxyl groups is 1. The Morgan fingerprint density at radius 2 is 2.11 bits per heavy atom. The second-order valence-electron chi connectivity index (χ2n) is 4.03. The molecule has 1 aliphatic heterocycles. The zero-order valence-corrected chi connectivity index (χ0v) is 10.2. The summed E-state index contributed by atoms with van der Waals surface area (Å²) >= 11 is 1.54. The van der Waals surface area contributed by atoms with Crippen LogP contribution in [0.25, 0.3) is 0 Å². The topological polar surface area (TPSA) is 78.0 Å². The molecule has 6 heteroatoms. The van der Waals surface area contributed by atoms with Gasteiger partial charge in [-0.2, -0.15) is 5.10 Å². The van der Waals surface area contributed by atoms with E-state index in [1.54, 1.807) is 30.1 Å². The number of amides is 1. The largest absolute Gasteiger partial charge is 0.508 e. The highest BCUT2D eigenvalue weighted by atomic mass is 32.2. The molecule has 5 nitrogen and oxygen atoms in total. The molecule has 92 valence electrons. The van der Waals surface area contributed by atoms with E-state index < -0.39 is 0 Å². The molecule has 0 fully saturated rings. The lowest BCUT2D eigenvalue weighted by molar-refractivity contribution is -0.113. The Bertz CT molecular complexity index is 579. The molecule has 2 aromatic rings. The second-order valence-corrected chi connectivity index (χ2v) is 5.12. The normalized spacial score (nSPS) is 18.9. The van der Waals surface area contributed by atoms with Crippen LogP contribution in [0, 0.1) is 0 Å². The minimum Gasteiger partial charge on any atom is -0.508 e. The predicted molar refractivity (Wildman–Crippen MR) is 69.6 cm³/mol. The molecular weight excluding hydrogens is 250 g/mol. The van der Waals surface area contributed by atoms with Crippen LogP contribution in [0.15, 0.2) is 30.5 Å². The van der Waals surface area contributed by atoms with Crippen molar-refractivity contribution >= 4 is 23.5 Å². The van der Waals surface area contributed by atoms with E-state index in [1.165, 1.54) is 0 Å². The SMILES string of the molecule is O=C1CS[C@@H](c2ccc(O)cc2)c2cn[nH]c2N1. The maximum absolute atomic E-state index is 11.6. The number of hydrogen-bond donors (Lipinski definition) is 3. The summed E-state index contributed by atoms with van der Waals surface area (Å²) in [5, 5.41) is 18.9. The molecule has 0 spiro atoms. The van der Waals surface area contributed by atoms with E-state index in [-0.39, 0.29) is 16.9 Å². The number of H-pyrrole nitrogens is 1. The lowest BCUT2D eigenvalue weighted by atomic mass is 10.1. The smallest absolute Gasteiger partial charge is 0.235 e. The number of anilines is 1. The van der Waals surface area contributed by atoms with Crippen LogP contribution >= 0.6 is 11.8 Å². The first-order chi connectivity index (χ1) is 8.74. The third kappa shape index (κ3) is 1.95. The van der Waals surface area contributed by atoms with Crippen molar-refractivity contribution in [3.05, 3.63) is 41.6 Å². The highest BCUT2D eigenvalue weighted by molar-refractivity contribution is 8.00. The monoisotopic (exact) mass is 261 g/mol. The third-order valence-corrected chi connectivity index (χ3v) is 4.08. The number of benzene rings is 1. The van der Waals surface area contributed by atoms with Crippen LogP contribution in [-0.2, 0) is 4.79 Å². The number of fused-ring (bicyclic) bond motifs is 1. The molecule has 0 saturated carbocycles. The number of aromatic amines is 1. The molecule has 0 radical (unpaired) electrons. The first kappa shape index (κ1) is 11.2. The van der Waals surface area contributed by atoms with Crippen molar-refractivity contribution in [1.29, 1.82) is 0 Å². The van der Waals surface area contributed by atoms with E-state index in [2.05, 4.69) is 15.5 Å². The molecule has 3 N–H and O–H groups in total. The van der Waals surface area contributed by atoms with Crippen molar-refractivity contribution in [2.75, 3.05) is 11.1 Å². The van der Waals surface area contributed by atoms with Crippen LogP contribution in [-0.4, -0.2) is 27.0 Å². The van der Waals surface area contributed by atoms with Crippen molar-refractivity contribution < 1.29 is 9.90 Å². The number of carbonyl (C=O) groups excluding carboxylic acids is 1. The Kier molecular flexibility index (Phi) is 2.71. The maximum Gasteiger partial charge on any atom is 0.235 e. The summed E-state index contributed by atoms with van der Waals surface area (Å²) in [4.78, 5) is 11.6. The summed E-state index contributed by atoms with van der Waals surface area (Å²) in [6.07, 6.45) is 1.73. The number of nitrogens with zero attached hydrogens (tertiary/aromatic N) is 1. The predicted octanol–water partition coefficient (Wildman–Crippen LogP) is 1.89. The molecule has 1 amide bonds. The molecule has 0 unspecified atom stereocenters. The van der Waals surface area contributed by atoms with Crippen molar-refractivity contribution in [3.63, 3.8) is 0 Å². The molecule has 2 heterocycles. The maximum atomic E-state index is 11.6. The van der Waals surface area contributed by atoms with Crippen LogP contribution in [0.3, 0.4) is 0 Å². The molecule has 0 saturated heterocycles. The van der Waals surface area contributed by atoms with E-state index in [4.69, 9.17) is 0 Å². The van der Waals surface area contributed by atoms with Crippen molar-refractivity contribution in [2.45, 2.75) is 5.25 Å². The van der Waals surface area contributed by atoms with Crippen molar-refractivity contribution in [1.82, 2.24) is 10.2 Å². The van der Waals surface area contributed by atoms with Crippen LogP contribution in [0.1, 0.15) is 16.4 Å². The summed E-state index contributed by atoms with van der Waals surface area (Å²) in [6, 6.07) is 7.02. The number of nitrogens with one attached hydrogen (secondary N) is 2. The fourth-order valence-electron chi connectivity index (χ4n) is 1.94. The number of aromatic nitrogens is 2. The number of carbonyl (C=O) groups is 1. The van der Waals surface area contributed by atoms with Gasteiger partial charge in [0.15, 0.2) is 0 Å². The van der Waals surface area contributed by atoms with Gasteiger partial charge < -0.3 is 10.4 Å². The van der Waals surface area contributed by atoms with Crippen LogP contribution in [0.5, 0.6) is 5.75 Å².